The van der Waals surface area contributed by atoms with E-state index in [4.69, 9.17) is 5.73 Å². The predicted molar refractivity (Wildman–Crippen MR) is 67.3 cm³/mol. The largest absolute Gasteiger partial charge is 0.378 e. The number of hydrogen-bond acceptors (Lipinski definition) is 2. The molecule has 1 rings (SSSR count). The molecule has 0 aliphatic heterocycles. The summed E-state index contributed by atoms with van der Waals surface area (Å²) >= 11 is 0. The Morgan fingerprint density at radius 2 is 1.67 bits per heavy atom. The van der Waals surface area contributed by atoms with Crippen LogP contribution >= 0.6 is 0 Å². The van der Waals surface area contributed by atoms with Crippen molar-refractivity contribution in [2.45, 2.75) is 26.3 Å². The minimum Gasteiger partial charge on any atom is -0.378 e. The zero-order chi connectivity index (χ0) is 11.4. The number of nitrogens with zero attached hydrogens (tertiary/aromatic N) is 1. The Hall–Kier alpha value is -1.02. The highest BCUT2D eigenvalue weighted by atomic mass is 15.1. The molecule has 1 unspecified atom stereocenters. The second-order valence-electron chi connectivity index (χ2n) is 4.67. The highest BCUT2D eigenvalue weighted by Gasteiger charge is 2.08. The first-order chi connectivity index (χ1) is 7.00. The third kappa shape index (κ3) is 3.56. The summed E-state index contributed by atoms with van der Waals surface area (Å²) in [6.07, 6.45) is 0.964. The topological polar surface area (TPSA) is 29.3 Å². The molecule has 2 N–H and O–H groups in total. The summed E-state index contributed by atoms with van der Waals surface area (Å²) in [6, 6.07) is 8.87. The van der Waals surface area contributed by atoms with Gasteiger partial charge in [-0.3, -0.25) is 0 Å². The molecule has 0 bridgehead atoms. The molecule has 0 heterocycles. The van der Waals surface area contributed by atoms with E-state index in [-0.39, 0.29) is 6.04 Å². The fraction of sp³-hybridized carbons (Fsp3) is 0.538. The van der Waals surface area contributed by atoms with E-state index >= 15 is 0 Å². The monoisotopic (exact) mass is 206 g/mol. The molecule has 0 radical (unpaired) electrons. The van der Waals surface area contributed by atoms with Gasteiger partial charge >= 0.3 is 0 Å². The second kappa shape index (κ2) is 5.17. The Morgan fingerprint density at radius 1 is 1.13 bits per heavy atom. The Kier molecular flexibility index (Phi) is 4.15. The Morgan fingerprint density at radius 3 is 2.07 bits per heavy atom. The van der Waals surface area contributed by atoms with Crippen molar-refractivity contribution in [1.82, 2.24) is 0 Å². The summed E-state index contributed by atoms with van der Waals surface area (Å²) in [5.41, 5.74) is 8.59. The van der Waals surface area contributed by atoms with Crippen molar-refractivity contribution in [3.63, 3.8) is 0 Å². The van der Waals surface area contributed by atoms with E-state index in [9.17, 15) is 0 Å². The van der Waals surface area contributed by atoms with E-state index in [0.29, 0.717) is 5.92 Å². The molecule has 0 amide bonds. The Bertz CT molecular complexity index is 288. The average molecular weight is 206 g/mol. The lowest BCUT2D eigenvalue weighted by Gasteiger charge is -2.17. The van der Waals surface area contributed by atoms with Crippen LogP contribution in [0.4, 0.5) is 5.69 Å². The third-order valence-corrected chi connectivity index (χ3v) is 2.78. The van der Waals surface area contributed by atoms with Gasteiger partial charge in [0, 0.05) is 25.8 Å². The van der Waals surface area contributed by atoms with Crippen molar-refractivity contribution in [2.24, 2.45) is 11.7 Å². The lowest BCUT2D eigenvalue weighted by Crippen LogP contribution is -2.28. The summed E-state index contributed by atoms with van der Waals surface area (Å²) in [6.45, 7) is 4.33. The Labute approximate surface area is 93.1 Å². The first kappa shape index (κ1) is 12.1. The fourth-order valence-electron chi connectivity index (χ4n) is 1.44. The van der Waals surface area contributed by atoms with E-state index < -0.39 is 0 Å². The maximum atomic E-state index is 6.04. The highest BCUT2D eigenvalue weighted by molar-refractivity contribution is 5.46. The molecule has 1 aromatic rings. The van der Waals surface area contributed by atoms with Crippen LogP contribution in [0.1, 0.15) is 19.4 Å². The molecule has 84 valence electrons. The lowest BCUT2D eigenvalue weighted by molar-refractivity contribution is 0.490. The van der Waals surface area contributed by atoms with Gasteiger partial charge in [-0.2, -0.15) is 0 Å². The van der Waals surface area contributed by atoms with E-state index in [2.05, 4.69) is 57.1 Å². The van der Waals surface area contributed by atoms with Crippen LogP contribution in [0.15, 0.2) is 24.3 Å². The van der Waals surface area contributed by atoms with E-state index in [1.807, 2.05) is 0 Å². The molecule has 0 saturated heterocycles. The molecule has 15 heavy (non-hydrogen) atoms. The first-order valence-corrected chi connectivity index (χ1v) is 5.52. The van der Waals surface area contributed by atoms with Gasteiger partial charge in [-0.1, -0.05) is 26.0 Å². The molecule has 1 atom stereocenters. The smallest absolute Gasteiger partial charge is 0.0361 e. The molecule has 1 aromatic carbocycles. The van der Waals surface area contributed by atoms with Crippen molar-refractivity contribution in [1.29, 1.82) is 0 Å². The zero-order valence-corrected chi connectivity index (χ0v) is 10.2. The summed E-state index contributed by atoms with van der Waals surface area (Å²) in [4.78, 5) is 2.10. The summed E-state index contributed by atoms with van der Waals surface area (Å²) in [7, 11) is 4.10. The van der Waals surface area contributed by atoms with Gasteiger partial charge < -0.3 is 10.6 Å². The van der Waals surface area contributed by atoms with Gasteiger partial charge in [0.15, 0.2) is 0 Å². The molecule has 0 aromatic heterocycles. The Balaban J connectivity index is 2.64. The highest BCUT2D eigenvalue weighted by Crippen LogP contribution is 2.14. The van der Waals surface area contributed by atoms with Crippen molar-refractivity contribution in [2.75, 3.05) is 19.0 Å². The number of rotatable bonds is 4. The van der Waals surface area contributed by atoms with Crippen molar-refractivity contribution >= 4 is 5.69 Å². The van der Waals surface area contributed by atoms with E-state index in [1.165, 1.54) is 11.3 Å². The molecule has 0 saturated carbocycles. The van der Waals surface area contributed by atoms with Gasteiger partial charge in [0.2, 0.25) is 0 Å². The maximum Gasteiger partial charge on any atom is 0.0361 e. The number of anilines is 1. The number of benzene rings is 1. The van der Waals surface area contributed by atoms with Crippen LogP contribution in [0.25, 0.3) is 0 Å². The number of nitrogens with two attached hydrogens (primary N) is 1. The van der Waals surface area contributed by atoms with Crippen LogP contribution in [0, 0.1) is 5.92 Å². The number of hydrogen-bond donors (Lipinski definition) is 1. The van der Waals surface area contributed by atoms with Crippen LogP contribution in [0.3, 0.4) is 0 Å². The second-order valence-corrected chi connectivity index (χ2v) is 4.67. The minimum absolute atomic E-state index is 0.259. The first-order valence-electron chi connectivity index (χ1n) is 5.52. The minimum atomic E-state index is 0.259. The SMILES string of the molecule is CC(C)C(N)Cc1ccc(N(C)C)cc1. The molecule has 0 spiro atoms. The van der Waals surface area contributed by atoms with Crippen LogP contribution in [-0.2, 0) is 6.42 Å². The summed E-state index contributed by atoms with van der Waals surface area (Å²) in [5, 5.41) is 0. The van der Waals surface area contributed by atoms with Crippen molar-refractivity contribution < 1.29 is 0 Å². The van der Waals surface area contributed by atoms with Crippen LogP contribution in [0.2, 0.25) is 0 Å². The normalized spacial score (nSPS) is 12.9. The van der Waals surface area contributed by atoms with Crippen LogP contribution < -0.4 is 10.6 Å². The summed E-state index contributed by atoms with van der Waals surface area (Å²) in [5.74, 6) is 0.540. The lowest BCUT2D eigenvalue weighted by atomic mass is 9.97. The standard InChI is InChI=1S/C13H22N2/c1-10(2)13(14)9-11-5-7-12(8-6-11)15(3)4/h5-8,10,13H,9,14H2,1-4H3. The molecule has 0 fully saturated rings. The third-order valence-electron chi connectivity index (χ3n) is 2.78. The van der Waals surface area contributed by atoms with Gasteiger partial charge in [0.1, 0.15) is 0 Å². The van der Waals surface area contributed by atoms with Crippen molar-refractivity contribution in [3.05, 3.63) is 29.8 Å². The van der Waals surface area contributed by atoms with Crippen molar-refractivity contribution in [3.8, 4) is 0 Å². The molecular formula is C13H22N2. The summed E-state index contributed by atoms with van der Waals surface area (Å²) < 4.78 is 0. The van der Waals surface area contributed by atoms with Gasteiger partial charge in [-0.25, -0.2) is 0 Å². The maximum absolute atomic E-state index is 6.04. The van der Waals surface area contributed by atoms with Gasteiger partial charge in [0.05, 0.1) is 0 Å². The molecule has 0 aliphatic carbocycles. The van der Waals surface area contributed by atoms with Crippen LogP contribution in [0.5, 0.6) is 0 Å². The van der Waals surface area contributed by atoms with Crippen LogP contribution in [-0.4, -0.2) is 20.1 Å². The fourth-order valence-corrected chi connectivity index (χ4v) is 1.44. The zero-order valence-electron chi connectivity index (χ0n) is 10.2. The quantitative estimate of drug-likeness (QED) is 0.819. The van der Waals surface area contributed by atoms with Gasteiger partial charge in [-0.05, 0) is 30.0 Å². The predicted octanol–water partition coefficient (Wildman–Crippen LogP) is 2.28. The molecule has 2 nitrogen and oxygen atoms in total. The van der Waals surface area contributed by atoms with Gasteiger partial charge in [0.25, 0.3) is 0 Å². The van der Waals surface area contributed by atoms with E-state index in [0.717, 1.165) is 6.42 Å². The van der Waals surface area contributed by atoms with Gasteiger partial charge in [-0.15, -0.1) is 0 Å². The average Bonchev–Trinajstić information content (AvgIpc) is 2.18. The molecule has 0 aliphatic rings. The van der Waals surface area contributed by atoms with E-state index in [1.54, 1.807) is 0 Å². The molecular weight excluding hydrogens is 184 g/mol. The molecule has 2 heteroatoms.